The first kappa shape index (κ1) is 10.5. The van der Waals surface area contributed by atoms with E-state index in [1.54, 1.807) is 0 Å². The Labute approximate surface area is 89.8 Å². The van der Waals surface area contributed by atoms with Crippen molar-refractivity contribution in [1.29, 1.82) is 0 Å². The van der Waals surface area contributed by atoms with Crippen molar-refractivity contribution in [2.24, 2.45) is 0 Å². The van der Waals surface area contributed by atoms with E-state index in [4.69, 9.17) is 0 Å². The van der Waals surface area contributed by atoms with Crippen molar-refractivity contribution in [3.63, 3.8) is 0 Å². The summed E-state index contributed by atoms with van der Waals surface area (Å²) in [6, 6.07) is 5.19. The van der Waals surface area contributed by atoms with Gasteiger partial charge in [0.15, 0.2) is 11.6 Å². The number of hydrogen-bond acceptors (Lipinski definition) is 2. The topological polar surface area (TPSA) is 45.8 Å². The zero-order chi connectivity index (χ0) is 11.7. The summed E-state index contributed by atoms with van der Waals surface area (Å²) in [4.78, 5) is 10.8. The normalized spacial score (nSPS) is 10.4. The SMILES string of the molecule is Cc1c(-c2ccc(=O)[nH]n2)ccc(F)c1F. The average molecular weight is 222 g/mol. The Morgan fingerprint density at radius 1 is 1.19 bits per heavy atom. The molecule has 0 atom stereocenters. The molecule has 0 spiro atoms. The van der Waals surface area contributed by atoms with Crippen molar-refractivity contribution in [2.75, 3.05) is 0 Å². The van der Waals surface area contributed by atoms with Gasteiger partial charge in [0.1, 0.15) is 0 Å². The van der Waals surface area contributed by atoms with Crippen LogP contribution in [0.1, 0.15) is 5.56 Å². The molecule has 0 bridgehead atoms. The fourth-order valence-electron chi connectivity index (χ4n) is 1.42. The van der Waals surface area contributed by atoms with E-state index in [1.807, 2.05) is 0 Å². The molecule has 1 N–H and O–H groups in total. The van der Waals surface area contributed by atoms with Crippen molar-refractivity contribution in [2.45, 2.75) is 6.92 Å². The van der Waals surface area contributed by atoms with Crippen molar-refractivity contribution >= 4 is 0 Å². The molecule has 16 heavy (non-hydrogen) atoms. The fraction of sp³-hybridized carbons (Fsp3) is 0.0909. The lowest BCUT2D eigenvalue weighted by atomic mass is 10.0. The molecule has 0 aliphatic rings. The summed E-state index contributed by atoms with van der Waals surface area (Å²) in [5.41, 5.74) is 0.676. The highest BCUT2D eigenvalue weighted by Gasteiger charge is 2.11. The third kappa shape index (κ3) is 1.71. The number of nitrogens with zero attached hydrogens (tertiary/aromatic N) is 1. The zero-order valence-electron chi connectivity index (χ0n) is 8.42. The zero-order valence-corrected chi connectivity index (χ0v) is 8.42. The number of aromatic nitrogens is 2. The largest absolute Gasteiger partial charge is 0.268 e. The minimum atomic E-state index is -0.898. The first-order chi connectivity index (χ1) is 7.59. The molecule has 3 nitrogen and oxygen atoms in total. The molecule has 1 aromatic carbocycles. The van der Waals surface area contributed by atoms with E-state index in [1.165, 1.54) is 25.1 Å². The van der Waals surface area contributed by atoms with Crippen molar-refractivity contribution in [1.82, 2.24) is 10.2 Å². The predicted octanol–water partition coefficient (Wildman–Crippen LogP) is 2.02. The van der Waals surface area contributed by atoms with E-state index in [-0.39, 0.29) is 11.1 Å². The molecule has 0 fully saturated rings. The maximum atomic E-state index is 13.3. The third-order valence-electron chi connectivity index (χ3n) is 2.29. The monoisotopic (exact) mass is 222 g/mol. The van der Waals surface area contributed by atoms with Gasteiger partial charge in [-0.25, -0.2) is 13.9 Å². The van der Waals surface area contributed by atoms with Crippen LogP contribution in [-0.2, 0) is 0 Å². The van der Waals surface area contributed by atoms with Gasteiger partial charge < -0.3 is 0 Å². The van der Waals surface area contributed by atoms with Gasteiger partial charge in [-0.2, -0.15) is 5.10 Å². The molecule has 1 heterocycles. The highest BCUT2D eigenvalue weighted by Crippen LogP contribution is 2.23. The summed E-state index contributed by atoms with van der Waals surface area (Å²) < 4.78 is 26.2. The number of hydrogen-bond donors (Lipinski definition) is 1. The van der Waals surface area contributed by atoms with E-state index in [0.717, 1.165) is 6.07 Å². The van der Waals surface area contributed by atoms with Crippen LogP contribution < -0.4 is 5.56 Å². The summed E-state index contributed by atoms with van der Waals surface area (Å²) in [7, 11) is 0. The minimum Gasteiger partial charge on any atom is -0.268 e. The molecule has 5 heteroatoms. The van der Waals surface area contributed by atoms with Gasteiger partial charge in [-0.3, -0.25) is 4.79 Å². The van der Waals surface area contributed by atoms with Gasteiger partial charge in [0.05, 0.1) is 5.69 Å². The van der Waals surface area contributed by atoms with E-state index in [0.29, 0.717) is 11.3 Å². The molecule has 0 radical (unpaired) electrons. The smallest absolute Gasteiger partial charge is 0.264 e. The molecule has 0 unspecified atom stereocenters. The first-order valence-electron chi connectivity index (χ1n) is 4.60. The van der Waals surface area contributed by atoms with Gasteiger partial charge in [0, 0.05) is 11.6 Å². The predicted molar refractivity (Wildman–Crippen MR) is 54.9 cm³/mol. The molecule has 2 rings (SSSR count). The molecular weight excluding hydrogens is 214 g/mol. The molecule has 0 aliphatic carbocycles. The first-order valence-corrected chi connectivity index (χ1v) is 4.60. The van der Waals surface area contributed by atoms with Crippen molar-refractivity contribution < 1.29 is 8.78 Å². The number of aromatic amines is 1. The fourth-order valence-corrected chi connectivity index (χ4v) is 1.42. The van der Waals surface area contributed by atoms with E-state index < -0.39 is 11.6 Å². The van der Waals surface area contributed by atoms with Crippen LogP contribution in [0.15, 0.2) is 29.1 Å². The Hall–Kier alpha value is -2.04. The van der Waals surface area contributed by atoms with Gasteiger partial charge in [0.25, 0.3) is 5.56 Å². The Morgan fingerprint density at radius 2 is 1.94 bits per heavy atom. The molecular formula is C11H8F2N2O. The van der Waals surface area contributed by atoms with Crippen LogP contribution in [0.3, 0.4) is 0 Å². The summed E-state index contributed by atoms with van der Waals surface area (Å²) in [5.74, 6) is -1.80. The van der Waals surface area contributed by atoms with Gasteiger partial charge in [-0.15, -0.1) is 0 Å². The van der Waals surface area contributed by atoms with E-state index >= 15 is 0 Å². The quantitative estimate of drug-likeness (QED) is 0.802. The highest BCUT2D eigenvalue weighted by atomic mass is 19.2. The van der Waals surface area contributed by atoms with Crippen LogP contribution in [0.25, 0.3) is 11.3 Å². The molecule has 82 valence electrons. The summed E-state index contributed by atoms with van der Waals surface area (Å²) in [5, 5.41) is 5.99. The van der Waals surface area contributed by atoms with Crippen LogP contribution in [0, 0.1) is 18.6 Å². The van der Waals surface area contributed by atoms with E-state index in [2.05, 4.69) is 10.2 Å². The number of benzene rings is 1. The Kier molecular flexibility index (Phi) is 2.52. The molecule has 0 aliphatic heterocycles. The standard InChI is InChI=1S/C11H8F2N2O/c1-6-7(2-3-8(12)11(6)13)9-4-5-10(16)15-14-9/h2-5H,1H3,(H,15,16). The summed E-state index contributed by atoms with van der Waals surface area (Å²) in [6.07, 6.45) is 0. The Balaban J connectivity index is 2.61. The molecule has 2 aromatic rings. The Bertz CT molecular complexity index is 573. The van der Waals surface area contributed by atoms with Crippen LogP contribution in [0.4, 0.5) is 8.78 Å². The molecule has 0 saturated carbocycles. The van der Waals surface area contributed by atoms with Gasteiger partial charge in [-0.1, -0.05) is 0 Å². The summed E-state index contributed by atoms with van der Waals surface area (Å²) >= 11 is 0. The van der Waals surface area contributed by atoms with Crippen molar-refractivity contribution in [3.8, 4) is 11.3 Å². The lowest BCUT2D eigenvalue weighted by molar-refractivity contribution is 0.503. The van der Waals surface area contributed by atoms with Gasteiger partial charge in [-0.05, 0) is 30.7 Å². The van der Waals surface area contributed by atoms with Crippen LogP contribution in [-0.4, -0.2) is 10.2 Å². The Morgan fingerprint density at radius 3 is 2.56 bits per heavy atom. The lowest BCUT2D eigenvalue weighted by Crippen LogP contribution is -2.06. The second-order valence-electron chi connectivity index (χ2n) is 3.34. The third-order valence-corrected chi connectivity index (χ3v) is 2.29. The van der Waals surface area contributed by atoms with E-state index in [9.17, 15) is 13.6 Å². The van der Waals surface area contributed by atoms with Crippen LogP contribution in [0.5, 0.6) is 0 Å². The maximum Gasteiger partial charge on any atom is 0.264 e. The lowest BCUT2D eigenvalue weighted by Gasteiger charge is -2.05. The second kappa shape index (κ2) is 3.84. The van der Waals surface area contributed by atoms with Gasteiger partial charge in [0.2, 0.25) is 0 Å². The number of H-pyrrole nitrogens is 1. The number of rotatable bonds is 1. The molecule has 0 saturated heterocycles. The average Bonchev–Trinajstić information content (AvgIpc) is 2.28. The number of nitrogens with one attached hydrogen (secondary N) is 1. The minimum absolute atomic E-state index is 0.166. The highest BCUT2D eigenvalue weighted by molar-refractivity contribution is 5.62. The summed E-state index contributed by atoms with van der Waals surface area (Å²) in [6.45, 7) is 1.46. The maximum absolute atomic E-state index is 13.3. The van der Waals surface area contributed by atoms with Crippen molar-refractivity contribution in [3.05, 3.63) is 51.8 Å². The molecule has 1 aromatic heterocycles. The second-order valence-corrected chi connectivity index (χ2v) is 3.34. The molecule has 0 amide bonds. The van der Waals surface area contributed by atoms with Gasteiger partial charge >= 0.3 is 0 Å². The van der Waals surface area contributed by atoms with Crippen LogP contribution >= 0.6 is 0 Å². The number of halogens is 2. The van der Waals surface area contributed by atoms with Crippen LogP contribution in [0.2, 0.25) is 0 Å².